The Morgan fingerprint density at radius 2 is 1.86 bits per heavy atom. The summed E-state index contributed by atoms with van der Waals surface area (Å²) in [4.78, 5) is 37.0. The van der Waals surface area contributed by atoms with Crippen LogP contribution in [0.5, 0.6) is 0 Å². The van der Waals surface area contributed by atoms with E-state index in [0.29, 0.717) is 22.6 Å². The average Bonchev–Trinajstić information content (AvgIpc) is 3.51. The maximum absolute atomic E-state index is 12.6. The minimum Gasteiger partial charge on any atom is -0.465 e. The molecular formula is C22H18N2O5. The molecule has 4 atom stereocenters. The lowest BCUT2D eigenvalue weighted by Gasteiger charge is -2.13. The van der Waals surface area contributed by atoms with Crippen LogP contribution < -0.4 is 0 Å². The summed E-state index contributed by atoms with van der Waals surface area (Å²) in [5.74, 6) is -0.196. The molecule has 0 unspecified atom stereocenters. The standard InChI is InChI=1S/C22H18N2O5/c1-28-22(27)15-4-2-3-12(9-15)17-8-7-16(29-17)11-23-24-20(25)18-13-5-6-14(10-13)19(18)21(24)26/h2-9,11,13-14,18-19H,10H2,1H3/b23-11-/t13-,14+,18+,19-. The number of nitrogens with zero attached hydrogens (tertiary/aromatic N) is 2. The van der Waals surface area contributed by atoms with Gasteiger partial charge in [0.15, 0.2) is 0 Å². The van der Waals surface area contributed by atoms with Crippen molar-refractivity contribution >= 4 is 24.0 Å². The molecule has 7 nitrogen and oxygen atoms in total. The molecule has 1 aromatic carbocycles. The van der Waals surface area contributed by atoms with Crippen molar-refractivity contribution in [1.29, 1.82) is 0 Å². The summed E-state index contributed by atoms with van der Waals surface area (Å²) in [6.07, 6.45) is 6.35. The number of methoxy groups -OCH3 is 1. The Labute approximate surface area is 166 Å². The number of hydrogen-bond donors (Lipinski definition) is 0. The molecule has 1 saturated heterocycles. The Morgan fingerprint density at radius 1 is 1.14 bits per heavy atom. The highest BCUT2D eigenvalue weighted by Gasteiger charge is 2.59. The van der Waals surface area contributed by atoms with Crippen molar-refractivity contribution in [2.24, 2.45) is 28.8 Å². The molecule has 1 aliphatic heterocycles. The van der Waals surface area contributed by atoms with Crippen LogP contribution in [0.15, 0.2) is 58.1 Å². The van der Waals surface area contributed by atoms with E-state index in [2.05, 4.69) is 5.10 Å². The maximum atomic E-state index is 12.6. The molecule has 0 radical (unpaired) electrons. The van der Waals surface area contributed by atoms with Crippen LogP contribution in [0.4, 0.5) is 0 Å². The van der Waals surface area contributed by atoms with Gasteiger partial charge in [-0.05, 0) is 42.5 Å². The number of fused-ring (bicyclic) bond motifs is 5. The third-order valence-corrected chi connectivity index (χ3v) is 5.94. The van der Waals surface area contributed by atoms with Crippen LogP contribution in [0.1, 0.15) is 22.5 Å². The fourth-order valence-corrected chi connectivity index (χ4v) is 4.61. The number of esters is 1. The first-order valence-electron chi connectivity index (χ1n) is 9.45. The molecule has 2 fully saturated rings. The van der Waals surface area contributed by atoms with Crippen LogP contribution in [0.2, 0.25) is 0 Å². The number of rotatable bonds is 4. The van der Waals surface area contributed by atoms with Gasteiger partial charge in [-0.3, -0.25) is 9.59 Å². The molecule has 146 valence electrons. The predicted molar refractivity (Wildman–Crippen MR) is 103 cm³/mol. The van der Waals surface area contributed by atoms with Gasteiger partial charge in [-0.2, -0.15) is 10.1 Å². The summed E-state index contributed by atoms with van der Waals surface area (Å²) < 4.78 is 10.5. The summed E-state index contributed by atoms with van der Waals surface area (Å²) in [6.45, 7) is 0. The van der Waals surface area contributed by atoms with Crippen molar-refractivity contribution in [1.82, 2.24) is 5.01 Å². The van der Waals surface area contributed by atoms with E-state index < -0.39 is 5.97 Å². The lowest BCUT2D eigenvalue weighted by atomic mass is 9.85. The van der Waals surface area contributed by atoms with Gasteiger partial charge in [0.2, 0.25) is 0 Å². The van der Waals surface area contributed by atoms with E-state index in [1.165, 1.54) is 13.3 Å². The summed E-state index contributed by atoms with van der Waals surface area (Å²) >= 11 is 0. The summed E-state index contributed by atoms with van der Waals surface area (Å²) in [7, 11) is 1.33. The molecule has 2 heterocycles. The Kier molecular flexibility index (Phi) is 3.97. The molecule has 0 spiro atoms. The molecule has 0 N–H and O–H groups in total. The topological polar surface area (TPSA) is 89.2 Å². The van der Waals surface area contributed by atoms with Crippen LogP contribution in [0, 0.1) is 23.7 Å². The Morgan fingerprint density at radius 3 is 2.55 bits per heavy atom. The Balaban J connectivity index is 1.35. The minimum absolute atomic E-state index is 0.152. The second-order valence-electron chi connectivity index (χ2n) is 7.51. The van der Waals surface area contributed by atoms with Crippen LogP contribution in [0.3, 0.4) is 0 Å². The first-order valence-corrected chi connectivity index (χ1v) is 9.45. The number of benzene rings is 1. The van der Waals surface area contributed by atoms with Crippen molar-refractivity contribution in [3.63, 3.8) is 0 Å². The number of carbonyl (C=O) groups excluding carboxylic acids is 3. The van der Waals surface area contributed by atoms with Crippen LogP contribution in [0.25, 0.3) is 11.3 Å². The highest BCUT2D eigenvalue weighted by molar-refractivity contribution is 6.06. The van der Waals surface area contributed by atoms with Crippen molar-refractivity contribution in [2.75, 3.05) is 7.11 Å². The summed E-state index contributed by atoms with van der Waals surface area (Å²) in [6, 6.07) is 10.3. The maximum Gasteiger partial charge on any atom is 0.337 e. The second kappa shape index (κ2) is 6.55. The molecule has 7 heteroatoms. The molecule has 2 bridgehead atoms. The summed E-state index contributed by atoms with van der Waals surface area (Å²) in [5.41, 5.74) is 1.12. The van der Waals surface area contributed by atoms with E-state index in [0.717, 1.165) is 11.4 Å². The number of ether oxygens (including phenoxy) is 1. The number of imide groups is 1. The van der Waals surface area contributed by atoms with E-state index in [-0.39, 0.29) is 35.5 Å². The molecule has 2 aromatic rings. The van der Waals surface area contributed by atoms with Gasteiger partial charge in [0, 0.05) is 5.56 Å². The molecule has 2 amide bonds. The monoisotopic (exact) mass is 390 g/mol. The van der Waals surface area contributed by atoms with E-state index in [1.807, 2.05) is 18.2 Å². The average molecular weight is 390 g/mol. The van der Waals surface area contributed by atoms with Gasteiger partial charge in [0.25, 0.3) is 11.8 Å². The predicted octanol–water partition coefficient (Wildman–Crippen LogP) is 2.87. The zero-order valence-corrected chi connectivity index (χ0v) is 15.6. The van der Waals surface area contributed by atoms with Crippen LogP contribution >= 0.6 is 0 Å². The summed E-state index contributed by atoms with van der Waals surface area (Å²) in [5, 5.41) is 5.10. The van der Waals surface area contributed by atoms with Crippen molar-refractivity contribution in [2.45, 2.75) is 6.42 Å². The SMILES string of the molecule is COC(=O)c1cccc(-c2ccc(/C=N\N3C(=O)[C@@H]4[C@H](C3=O)[C@H]3C=C[C@@H]4C3)o2)c1. The lowest BCUT2D eigenvalue weighted by Crippen LogP contribution is -2.28. The number of carbonyl (C=O) groups is 3. The van der Waals surface area contributed by atoms with Gasteiger partial charge in [-0.25, -0.2) is 4.79 Å². The Bertz CT molecular complexity index is 1050. The molecular weight excluding hydrogens is 372 g/mol. The van der Waals surface area contributed by atoms with Crippen molar-refractivity contribution < 1.29 is 23.5 Å². The lowest BCUT2D eigenvalue weighted by molar-refractivity contribution is -0.140. The molecule has 2 aliphatic carbocycles. The van der Waals surface area contributed by atoms with Gasteiger partial charge in [-0.15, -0.1) is 0 Å². The van der Waals surface area contributed by atoms with E-state index in [4.69, 9.17) is 9.15 Å². The Hall–Kier alpha value is -3.48. The first kappa shape index (κ1) is 17.6. The van der Waals surface area contributed by atoms with Crippen LogP contribution in [-0.4, -0.2) is 36.1 Å². The number of hydrogen-bond acceptors (Lipinski definition) is 6. The number of allylic oxidation sites excluding steroid dienone is 2. The molecule has 5 rings (SSSR count). The van der Waals surface area contributed by atoms with E-state index in [9.17, 15) is 14.4 Å². The number of furan rings is 1. The normalized spacial score (nSPS) is 27.3. The van der Waals surface area contributed by atoms with E-state index >= 15 is 0 Å². The van der Waals surface area contributed by atoms with Gasteiger partial charge in [0.05, 0.1) is 30.7 Å². The van der Waals surface area contributed by atoms with Gasteiger partial charge in [-0.1, -0.05) is 24.3 Å². The van der Waals surface area contributed by atoms with Gasteiger partial charge in [0.1, 0.15) is 11.5 Å². The molecule has 29 heavy (non-hydrogen) atoms. The third kappa shape index (κ3) is 2.73. The highest BCUT2D eigenvalue weighted by Crippen LogP contribution is 2.52. The highest BCUT2D eigenvalue weighted by atomic mass is 16.5. The molecule has 3 aliphatic rings. The zero-order chi connectivity index (χ0) is 20.1. The van der Waals surface area contributed by atoms with Gasteiger partial charge < -0.3 is 9.15 Å². The zero-order valence-electron chi connectivity index (χ0n) is 15.6. The quantitative estimate of drug-likeness (QED) is 0.347. The van der Waals surface area contributed by atoms with Crippen molar-refractivity contribution in [3.05, 3.63) is 59.9 Å². The second-order valence-corrected chi connectivity index (χ2v) is 7.51. The minimum atomic E-state index is -0.430. The van der Waals surface area contributed by atoms with Crippen molar-refractivity contribution in [3.8, 4) is 11.3 Å². The van der Waals surface area contributed by atoms with Gasteiger partial charge >= 0.3 is 5.97 Å². The smallest absolute Gasteiger partial charge is 0.337 e. The molecule has 1 aromatic heterocycles. The fraction of sp³-hybridized carbons (Fsp3) is 0.273. The molecule has 1 saturated carbocycles. The largest absolute Gasteiger partial charge is 0.465 e. The number of amides is 2. The van der Waals surface area contributed by atoms with Crippen LogP contribution in [-0.2, 0) is 14.3 Å². The first-order chi connectivity index (χ1) is 14.1. The van der Waals surface area contributed by atoms with E-state index in [1.54, 1.807) is 30.3 Å². The fourth-order valence-electron chi connectivity index (χ4n) is 4.61. The third-order valence-electron chi connectivity index (χ3n) is 5.94. The number of hydrazone groups is 1.